The molecule has 1 aromatic rings. The van der Waals surface area contributed by atoms with Crippen LogP contribution in [0.3, 0.4) is 0 Å². The summed E-state index contributed by atoms with van der Waals surface area (Å²) in [4.78, 5) is 0. The van der Waals surface area contributed by atoms with Crippen molar-refractivity contribution < 1.29 is 5.11 Å². The van der Waals surface area contributed by atoms with Crippen LogP contribution in [0.15, 0.2) is 18.2 Å². The maximum atomic E-state index is 10.1. The molecule has 1 nitrogen and oxygen atoms in total. The number of rotatable bonds is 4. The molecule has 1 N–H and O–H groups in total. The van der Waals surface area contributed by atoms with Gasteiger partial charge in [-0.2, -0.15) is 0 Å². The molecular formula is C13H18Cl2O. The van der Waals surface area contributed by atoms with Gasteiger partial charge in [-0.1, -0.05) is 44.0 Å². The smallest absolute Gasteiger partial charge is 0.0631 e. The normalized spacial score (nSPS) is 13.9. The molecule has 1 unspecified atom stereocenters. The van der Waals surface area contributed by atoms with Gasteiger partial charge in [0.1, 0.15) is 0 Å². The standard InChI is InChI=1S/C13H18Cl2O/c1-4-13(2,3)12(16)8-9-7-10(14)5-6-11(9)15/h5-7,12,16H,4,8H2,1-3H3. The number of hydrogen-bond donors (Lipinski definition) is 1. The lowest BCUT2D eigenvalue weighted by molar-refractivity contribution is 0.0480. The van der Waals surface area contributed by atoms with Gasteiger partial charge in [0.05, 0.1) is 6.10 Å². The topological polar surface area (TPSA) is 20.2 Å². The van der Waals surface area contributed by atoms with E-state index >= 15 is 0 Å². The third-order valence-electron chi connectivity index (χ3n) is 3.23. The predicted octanol–water partition coefficient (Wildman–Crippen LogP) is 4.33. The minimum Gasteiger partial charge on any atom is -0.392 e. The molecule has 0 fully saturated rings. The predicted molar refractivity (Wildman–Crippen MR) is 70.2 cm³/mol. The first-order chi connectivity index (χ1) is 7.36. The highest BCUT2D eigenvalue weighted by Crippen LogP contribution is 2.30. The van der Waals surface area contributed by atoms with Gasteiger partial charge < -0.3 is 5.11 Å². The summed E-state index contributed by atoms with van der Waals surface area (Å²) in [6.07, 6.45) is 1.06. The second kappa shape index (κ2) is 5.39. The summed E-state index contributed by atoms with van der Waals surface area (Å²) in [5.41, 5.74) is 0.800. The van der Waals surface area contributed by atoms with Crippen LogP contribution < -0.4 is 0 Å². The Hall–Kier alpha value is -0.240. The number of benzene rings is 1. The monoisotopic (exact) mass is 260 g/mol. The molecule has 90 valence electrons. The first-order valence-corrected chi connectivity index (χ1v) is 6.24. The highest BCUT2D eigenvalue weighted by Gasteiger charge is 2.26. The molecule has 0 aliphatic carbocycles. The van der Waals surface area contributed by atoms with Crippen LogP contribution in [0.4, 0.5) is 0 Å². The van der Waals surface area contributed by atoms with E-state index in [4.69, 9.17) is 23.2 Å². The maximum Gasteiger partial charge on any atom is 0.0631 e. The Labute approximate surface area is 107 Å². The van der Waals surface area contributed by atoms with E-state index in [0.717, 1.165) is 12.0 Å². The van der Waals surface area contributed by atoms with E-state index in [-0.39, 0.29) is 5.41 Å². The van der Waals surface area contributed by atoms with Crippen molar-refractivity contribution in [2.24, 2.45) is 5.41 Å². The van der Waals surface area contributed by atoms with Gasteiger partial charge in [0.15, 0.2) is 0 Å². The van der Waals surface area contributed by atoms with Crippen LogP contribution in [0.5, 0.6) is 0 Å². The van der Waals surface area contributed by atoms with Crippen LogP contribution in [0.2, 0.25) is 10.0 Å². The van der Waals surface area contributed by atoms with Crippen molar-refractivity contribution in [3.05, 3.63) is 33.8 Å². The summed E-state index contributed by atoms with van der Waals surface area (Å²) in [6, 6.07) is 5.34. The Morgan fingerprint density at radius 3 is 2.50 bits per heavy atom. The maximum absolute atomic E-state index is 10.1. The van der Waals surface area contributed by atoms with Crippen LogP contribution in [-0.2, 0) is 6.42 Å². The number of hydrogen-bond acceptors (Lipinski definition) is 1. The van der Waals surface area contributed by atoms with Crippen LogP contribution >= 0.6 is 23.2 Å². The lowest BCUT2D eigenvalue weighted by atomic mass is 9.81. The molecule has 1 aromatic carbocycles. The third kappa shape index (κ3) is 3.38. The van der Waals surface area contributed by atoms with Crippen molar-refractivity contribution in [3.63, 3.8) is 0 Å². The fourth-order valence-electron chi connectivity index (χ4n) is 1.42. The van der Waals surface area contributed by atoms with Gasteiger partial charge in [0.25, 0.3) is 0 Å². The SMILES string of the molecule is CCC(C)(C)C(O)Cc1cc(Cl)ccc1Cl. The fourth-order valence-corrected chi connectivity index (χ4v) is 1.81. The van der Waals surface area contributed by atoms with Crippen molar-refractivity contribution in [2.75, 3.05) is 0 Å². The molecule has 3 heteroatoms. The molecule has 0 saturated carbocycles. The summed E-state index contributed by atoms with van der Waals surface area (Å²) in [5, 5.41) is 11.5. The van der Waals surface area contributed by atoms with Crippen molar-refractivity contribution >= 4 is 23.2 Å². The molecule has 1 atom stereocenters. The molecule has 16 heavy (non-hydrogen) atoms. The zero-order chi connectivity index (χ0) is 12.3. The van der Waals surface area contributed by atoms with E-state index in [0.29, 0.717) is 16.5 Å². The third-order valence-corrected chi connectivity index (χ3v) is 3.84. The second-order valence-corrected chi connectivity index (χ2v) is 5.64. The first-order valence-electron chi connectivity index (χ1n) is 5.49. The zero-order valence-electron chi connectivity index (χ0n) is 9.93. The van der Waals surface area contributed by atoms with Crippen LogP contribution in [0, 0.1) is 5.41 Å². The van der Waals surface area contributed by atoms with E-state index in [2.05, 4.69) is 20.8 Å². The van der Waals surface area contributed by atoms with Gasteiger partial charge in [-0.3, -0.25) is 0 Å². The Morgan fingerprint density at radius 1 is 1.31 bits per heavy atom. The Balaban J connectivity index is 2.84. The molecule has 0 radical (unpaired) electrons. The molecule has 0 heterocycles. The average molecular weight is 261 g/mol. The van der Waals surface area contributed by atoms with Gasteiger partial charge in [-0.25, -0.2) is 0 Å². The van der Waals surface area contributed by atoms with Crippen LogP contribution in [0.1, 0.15) is 32.8 Å². The fraction of sp³-hybridized carbons (Fsp3) is 0.538. The minimum atomic E-state index is -0.409. The summed E-state index contributed by atoms with van der Waals surface area (Å²) in [5.74, 6) is 0. The van der Waals surface area contributed by atoms with Crippen LogP contribution in [-0.4, -0.2) is 11.2 Å². The highest BCUT2D eigenvalue weighted by molar-refractivity contribution is 6.33. The van der Waals surface area contributed by atoms with Crippen molar-refractivity contribution in [3.8, 4) is 0 Å². The number of halogens is 2. The molecule has 0 aliphatic heterocycles. The molecule has 1 rings (SSSR count). The molecule has 0 saturated heterocycles. The summed E-state index contributed by atoms with van der Waals surface area (Å²) in [6.45, 7) is 6.18. The number of aliphatic hydroxyl groups excluding tert-OH is 1. The molecule has 0 bridgehead atoms. The first kappa shape index (κ1) is 13.8. The van der Waals surface area contributed by atoms with Crippen molar-refractivity contribution in [1.82, 2.24) is 0 Å². The molecule has 0 aromatic heterocycles. The van der Waals surface area contributed by atoms with Gasteiger partial charge in [0.2, 0.25) is 0 Å². The quantitative estimate of drug-likeness (QED) is 0.855. The van der Waals surface area contributed by atoms with E-state index in [1.54, 1.807) is 12.1 Å². The summed E-state index contributed by atoms with van der Waals surface area (Å²) < 4.78 is 0. The molecule has 0 spiro atoms. The molecular weight excluding hydrogens is 243 g/mol. The lowest BCUT2D eigenvalue weighted by Gasteiger charge is -2.29. The average Bonchev–Trinajstić information content (AvgIpc) is 2.23. The zero-order valence-corrected chi connectivity index (χ0v) is 11.4. The van der Waals surface area contributed by atoms with Crippen LogP contribution in [0.25, 0.3) is 0 Å². The molecule has 0 aliphatic rings. The van der Waals surface area contributed by atoms with E-state index in [9.17, 15) is 5.11 Å². The Kier molecular flexibility index (Phi) is 4.66. The van der Waals surface area contributed by atoms with Crippen molar-refractivity contribution in [2.45, 2.75) is 39.7 Å². The summed E-state index contributed by atoms with van der Waals surface area (Å²) in [7, 11) is 0. The lowest BCUT2D eigenvalue weighted by Crippen LogP contribution is -2.30. The highest BCUT2D eigenvalue weighted by atomic mass is 35.5. The van der Waals surface area contributed by atoms with Gasteiger partial charge >= 0.3 is 0 Å². The van der Waals surface area contributed by atoms with Gasteiger partial charge in [-0.05, 0) is 35.6 Å². The number of aliphatic hydroxyl groups is 1. The van der Waals surface area contributed by atoms with Crippen molar-refractivity contribution in [1.29, 1.82) is 0 Å². The molecule has 0 amide bonds. The van der Waals surface area contributed by atoms with Gasteiger partial charge in [-0.15, -0.1) is 0 Å². The van der Waals surface area contributed by atoms with E-state index in [1.807, 2.05) is 6.07 Å². The second-order valence-electron chi connectivity index (χ2n) is 4.80. The van der Waals surface area contributed by atoms with Gasteiger partial charge in [0, 0.05) is 16.5 Å². The summed E-state index contributed by atoms with van der Waals surface area (Å²) >= 11 is 12.0. The van der Waals surface area contributed by atoms with E-state index in [1.165, 1.54) is 0 Å². The van der Waals surface area contributed by atoms with E-state index < -0.39 is 6.10 Å². The Morgan fingerprint density at radius 2 is 1.94 bits per heavy atom. The Bertz CT molecular complexity index is 361. The largest absolute Gasteiger partial charge is 0.392 e. The minimum absolute atomic E-state index is 0.106.